The lowest BCUT2D eigenvalue weighted by Crippen LogP contribution is -2.37. The number of nitrogens with zero attached hydrogens (tertiary/aromatic N) is 3. The van der Waals surface area contributed by atoms with Crippen molar-refractivity contribution >= 4 is 5.82 Å². The molecule has 20 heavy (non-hydrogen) atoms. The summed E-state index contributed by atoms with van der Waals surface area (Å²) in [6.07, 6.45) is 7.21. The van der Waals surface area contributed by atoms with Crippen LogP contribution >= 0.6 is 0 Å². The first kappa shape index (κ1) is 13.8. The number of nitrogens with one attached hydrogen (secondary N) is 1. The Balaban J connectivity index is 1.64. The van der Waals surface area contributed by atoms with Gasteiger partial charge in [0, 0.05) is 44.0 Å². The van der Waals surface area contributed by atoms with Gasteiger partial charge in [0.15, 0.2) is 0 Å². The van der Waals surface area contributed by atoms with Crippen LogP contribution in [0, 0.1) is 0 Å². The fraction of sp³-hybridized carbons (Fsp3) is 0.688. The number of hydrogen-bond donors (Lipinski definition) is 1. The van der Waals surface area contributed by atoms with E-state index in [4.69, 9.17) is 0 Å². The number of likely N-dealkylation sites (N-methyl/N-ethyl adjacent to an activating group) is 2. The molecule has 1 aliphatic heterocycles. The molecule has 0 spiro atoms. The van der Waals surface area contributed by atoms with Crippen LogP contribution in [-0.4, -0.2) is 49.2 Å². The molecule has 1 unspecified atom stereocenters. The second kappa shape index (κ2) is 6.10. The van der Waals surface area contributed by atoms with E-state index in [0.29, 0.717) is 6.04 Å². The van der Waals surface area contributed by atoms with Gasteiger partial charge in [-0.3, -0.25) is 0 Å². The molecule has 1 atom stereocenters. The normalized spacial score (nSPS) is 23.2. The van der Waals surface area contributed by atoms with Crippen LogP contribution in [0.2, 0.25) is 0 Å². The van der Waals surface area contributed by atoms with Crippen molar-refractivity contribution in [1.82, 2.24) is 15.2 Å². The lowest BCUT2D eigenvalue weighted by molar-refractivity contribution is 0.314. The summed E-state index contributed by atoms with van der Waals surface area (Å²) in [4.78, 5) is 9.41. The number of pyridine rings is 1. The van der Waals surface area contributed by atoms with Gasteiger partial charge in [-0.15, -0.1) is 0 Å². The predicted molar refractivity (Wildman–Crippen MR) is 83.0 cm³/mol. The molecule has 4 nitrogen and oxygen atoms in total. The SMILES string of the molecule is CN(CC1CCCN1C)c1ncccc1CNC1CC1. The Morgan fingerprint density at radius 1 is 1.40 bits per heavy atom. The predicted octanol–water partition coefficient (Wildman–Crippen LogP) is 1.86. The minimum atomic E-state index is 0.672. The van der Waals surface area contributed by atoms with Gasteiger partial charge in [-0.2, -0.15) is 0 Å². The van der Waals surface area contributed by atoms with Crippen molar-refractivity contribution in [2.45, 2.75) is 44.3 Å². The van der Waals surface area contributed by atoms with Gasteiger partial charge in [-0.1, -0.05) is 6.07 Å². The summed E-state index contributed by atoms with van der Waals surface area (Å²) in [5, 5.41) is 3.59. The van der Waals surface area contributed by atoms with Gasteiger partial charge in [-0.05, 0) is 45.3 Å². The highest BCUT2D eigenvalue weighted by molar-refractivity contribution is 5.46. The smallest absolute Gasteiger partial charge is 0.132 e. The summed E-state index contributed by atoms with van der Waals surface area (Å²) in [5.41, 5.74) is 1.32. The molecule has 1 aromatic rings. The van der Waals surface area contributed by atoms with E-state index < -0.39 is 0 Å². The van der Waals surface area contributed by atoms with E-state index >= 15 is 0 Å². The largest absolute Gasteiger partial charge is 0.358 e. The fourth-order valence-electron chi connectivity index (χ4n) is 3.07. The molecule has 2 aliphatic rings. The molecule has 0 radical (unpaired) electrons. The monoisotopic (exact) mass is 274 g/mol. The number of aromatic nitrogens is 1. The topological polar surface area (TPSA) is 31.4 Å². The highest BCUT2D eigenvalue weighted by Gasteiger charge is 2.24. The van der Waals surface area contributed by atoms with Gasteiger partial charge in [-0.25, -0.2) is 4.98 Å². The summed E-state index contributed by atoms with van der Waals surface area (Å²) in [7, 11) is 4.41. The first-order valence-electron chi connectivity index (χ1n) is 7.82. The van der Waals surface area contributed by atoms with E-state index in [-0.39, 0.29) is 0 Å². The maximum Gasteiger partial charge on any atom is 0.132 e. The summed E-state index contributed by atoms with van der Waals surface area (Å²) in [6.45, 7) is 3.25. The zero-order chi connectivity index (χ0) is 13.9. The zero-order valence-corrected chi connectivity index (χ0v) is 12.7. The quantitative estimate of drug-likeness (QED) is 0.858. The molecule has 1 N–H and O–H groups in total. The van der Waals surface area contributed by atoms with Crippen molar-refractivity contribution in [3.63, 3.8) is 0 Å². The van der Waals surface area contributed by atoms with E-state index in [2.05, 4.69) is 40.3 Å². The Morgan fingerprint density at radius 3 is 2.95 bits per heavy atom. The van der Waals surface area contributed by atoms with Crippen LogP contribution in [0.3, 0.4) is 0 Å². The Hall–Kier alpha value is -1.13. The van der Waals surface area contributed by atoms with Crippen molar-refractivity contribution in [1.29, 1.82) is 0 Å². The molecule has 2 heterocycles. The maximum absolute atomic E-state index is 4.61. The summed E-state index contributed by atoms with van der Waals surface area (Å²) in [5.74, 6) is 1.14. The van der Waals surface area contributed by atoms with Crippen LogP contribution in [0.5, 0.6) is 0 Å². The number of likely N-dealkylation sites (tertiary alicyclic amines) is 1. The first-order valence-corrected chi connectivity index (χ1v) is 7.82. The average molecular weight is 274 g/mol. The molecule has 1 aliphatic carbocycles. The van der Waals surface area contributed by atoms with Gasteiger partial charge in [0.1, 0.15) is 5.82 Å². The maximum atomic E-state index is 4.61. The third kappa shape index (κ3) is 3.30. The molecule has 1 aromatic heterocycles. The van der Waals surface area contributed by atoms with Gasteiger partial charge < -0.3 is 15.1 Å². The Kier molecular flexibility index (Phi) is 4.22. The molecule has 4 heteroatoms. The third-order valence-electron chi connectivity index (χ3n) is 4.54. The number of rotatable bonds is 6. The molecule has 1 saturated heterocycles. The van der Waals surface area contributed by atoms with Gasteiger partial charge in [0.2, 0.25) is 0 Å². The van der Waals surface area contributed by atoms with Crippen molar-refractivity contribution in [2.24, 2.45) is 0 Å². The van der Waals surface area contributed by atoms with Crippen LogP contribution < -0.4 is 10.2 Å². The van der Waals surface area contributed by atoms with Crippen molar-refractivity contribution in [3.8, 4) is 0 Å². The minimum Gasteiger partial charge on any atom is -0.358 e. The molecule has 0 aromatic carbocycles. The van der Waals surface area contributed by atoms with E-state index in [1.807, 2.05) is 12.3 Å². The Labute approximate surface area is 122 Å². The Bertz CT molecular complexity index is 444. The molecule has 0 bridgehead atoms. The molecule has 3 rings (SSSR count). The zero-order valence-electron chi connectivity index (χ0n) is 12.7. The molecule has 0 amide bonds. The van der Waals surface area contributed by atoms with Gasteiger partial charge >= 0.3 is 0 Å². The second-order valence-electron chi connectivity index (χ2n) is 6.30. The minimum absolute atomic E-state index is 0.672. The first-order chi connectivity index (χ1) is 9.74. The lowest BCUT2D eigenvalue weighted by Gasteiger charge is -2.28. The van der Waals surface area contributed by atoms with Crippen LogP contribution in [0.4, 0.5) is 5.82 Å². The van der Waals surface area contributed by atoms with Crippen LogP contribution in [0.1, 0.15) is 31.2 Å². The molecule has 110 valence electrons. The van der Waals surface area contributed by atoms with Crippen molar-refractivity contribution in [2.75, 3.05) is 32.1 Å². The van der Waals surface area contributed by atoms with E-state index in [1.165, 1.54) is 37.8 Å². The van der Waals surface area contributed by atoms with E-state index in [0.717, 1.165) is 24.9 Å². The van der Waals surface area contributed by atoms with Crippen LogP contribution in [0.25, 0.3) is 0 Å². The van der Waals surface area contributed by atoms with E-state index in [9.17, 15) is 0 Å². The van der Waals surface area contributed by atoms with Crippen molar-refractivity contribution < 1.29 is 0 Å². The Morgan fingerprint density at radius 2 is 2.25 bits per heavy atom. The number of hydrogen-bond acceptors (Lipinski definition) is 4. The highest BCUT2D eigenvalue weighted by Crippen LogP contribution is 2.23. The third-order valence-corrected chi connectivity index (χ3v) is 4.54. The molecular formula is C16H26N4. The molecular weight excluding hydrogens is 248 g/mol. The van der Waals surface area contributed by atoms with E-state index in [1.54, 1.807) is 0 Å². The average Bonchev–Trinajstić information content (AvgIpc) is 3.21. The van der Waals surface area contributed by atoms with Gasteiger partial charge in [0.25, 0.3) is 0 Å². The second-order valence-corrected chi connectivity index (χ2v) is 6.30. The lowest BCUT2D eigenvalue weighted by atomic mass is 10.2. The van der Waals surface area contributed by atoms with Crippen molar-refractivity contribution in [3.05, 3.63) is 23.9 Å². The van der Waals surface area contributed by atoms with Gasteiger partial charge in [0.05, 0.1) is 0 Å². The summed E-state index contributed by atoms with van der Waals surface area (Å²) >= 11 is 0. The standard InChI is InChI=1S/C16H26N4/c1-19-10-4-6-15(19)12-20(2)16-13(5-3-9-17-16)11-18-14-7-8-14/h3,5,9,14-15,18H,4,6-8,10-12H2,1-2H3. The number of anilines is 1. The molecule has 1 saturated carbocycles. The molecule has 2 fully saturated rings. The summed E-state index contributed by atoms with van der Waals surface area (Å²) < 4.78 is 0. The van der Waals surface area contributed by atoms with Crippen LogP contribution in [-0.2, 0) is 6.54 Å². The van der Waals surface area contributed by atoms with Crippen LogP contribution in [0.15, 0.2) is 18.3 Å². The fourth-order valence-corrected chi connectivity index (χ4v) is 3.07. The summed E-state index contributed by atoms with van der Waals surface area (Å²) in [6, 6.07) is 5.66. The highest BCUT2D eigenvalue weighted by atomic mass is 15.2.